The number of carbonyl (C=O) groups is 1. The highest BCUT2D eigenvalue weighted by Crippen LogP contribution is 2.42. The molecule has 1 aliphatic rings. The fraction of sp³-hybridized carbons (Fsp3) is 0.381. The maximum atomic E-state index is 15.0. The highest BCUT2D eigenvalue weighted by atomic mass is 19.4. The number of nitrogens with two attached hydrogens (primary N) is 1. The van der Waals surface area contributed by atoms with E-state index in [9.17, 15) is 35.5 Å². The average Bonchev–Trinajstić information content (AvgIpc) is 2.74. The predicted molar refractivity (Wildman–Crippen MR) is 108 cm³/mol. The van der Waals surface area contributed by atoms with E-state index in [4.69, 9.17) is 10.5 Å². The highest BCUT2D eigenvalue weighted by molar-refractivity contribution is 6.04. The van der Waals surface area contributed by atoms with Crippen LogP contribution in [0.2, 0.25) is 0 Å². The highest BCUT2D eigenvalue weighted by Gasteiger charge is 2.52. The van der Waals surface area contributed by atoms with Crippen LogP contribution in [0.3, 0.4) is 0 Å². The maximum absolute atomic E-state index is 15.0. The van der Waals surface area contributed by atoms with E-state index in [1.54, 1.807) is 0 Å². The Balaban J connectivity index is 1.99. The summed E-state index contributed by atoms with van der Waals surface area (Å²) in [6, 6.07) is -0.241. The number of alkyl halides is 6. The van der Waals surface area contributed by atoms with Crippen LogP contribution in [0.5, 0.6) is 0 Å². The van der Waals surface area contributed by atoms with E-state index >= 15 is 0 Å². The summed E-state index contributed by atoms with van der Waals surface area (Å²) in [4.78, 5) is 19.5. The molecule has 0 unspecified atom stereocenters. The van der Waals surface area contributed by atoms with Gasteiger partial charge in [0.15, 0.2) is 11.6 Å². The molecule has 1 aromatic heterocycles. The number of nitrogens with one attached hydrogen (secondary N) is 1. The SMILES string of the molecule is Cc1cc(C(F)F)cnc1C(=O)Nc1cc(C)c(F)c([C@]2(CF)C[C@@H](C(F)(F)F)N=C(N)O2)c1. The molecular weight excluding hydrogens is 473 g/mol. The Labute approximate surface area is 189 Å². The summed E-state index contributed by atoms with van der Waals surface area (Å²) < 4.78 is 99.8. The van der Waals surface area contributed by atoms with Crippen LogP contribution in [0.15, 0.2) is 29.4 Å². The number of hydrogen-bond acceptors (Lipinski definition) is 5. The number of rotatable bonds is 5. The molecular formula is C21H19F7N4O2. The molecule has 1 aliphatic heterocycles. The number of nitrogens with zero attached hydrogens (tertiary/aromatic N) is 2. The van der Waals surface area contributed by atoms with E-state index in [0.717, 1.165) is 24.4 Å². The normalized spacial score (nSPS) is 20.6. The molecule has 184 valence electrons. The number of halogens is 7. The number of ether oxygens (including phenoxy) is 1. The first kappa shape index (κ1) is 25.2. The van der Waals surface area contributed by atoms with E-state index in [0.29, 0.717) is 0 Å². The third-order valence-electron chi connectivity index (χ3n) is 5.27. The summed E-state index contributed by atoms with van der Waals surface area (Å²) in [6.45, 7) is 1.06. The van der Waals surface area contributed by atoms with Gasteiger partial charge in [-0.25, -0.2) is 22.6 Å². The molecule has 1 amide bonds. The fourth-order valence-corrected chi connectivity index (χ4v) is 3.60. The number of benzene rings is 1. The zero-order valence-electron chi connectivity index (χ0n) is 17.8. The Morgan fingerprint density at radius 1 is 1.26 bits per heavy atom. The standard InChI is InChI=1S/C21H19F7N4O2/c1-9-4-12(31-18(33)16-10(2)3-11(7-30-16)17(24)25)5-13(15(9)23)20(8-22)6-14(21(26,27)28)32-19(29)34-20/h3-5,7,14,17H,6,8H2,1-2H3,(H2,29,32)(H,31,33)/t14-,20+/m0/s1. The van der Waals surface area contributed by atoms with Gasteiger partial charge in [-0.1, -0.05) is 0 Å². The minimum atomic E-state index is -4.89. The molecule has 0 fully saturated rings. The van der Waals surface area contributed by atoms with Crippen LogP contribution in [-0.2, 0) is 10.3 Å². The van der Waals surface area contributed by atoms with Gasteiger partial charge < -0.3 is 15.8 Å². The molecule has 13 heteroatoms. The van der Waals surface area contributed by atoms with Crippen molar-refractivity contribution < 1.29 is 40.3 Å². The van der Waals surface area contributed by atoms with Gasteiger partial charge in [-0.05, 0) is 43.2 Å². The second-order valence-corrected chi connectivity index (χ2v) is 7.80. The van der Waals surface area contributed by atoms with E-state index in [1.807, 2.05) is 0 Å². The molecule has 0 spiro atoms. The lowest BCUT2D eigenvalue weighted by Crippen LogP contribution is -2.49. The molecule has 2 heterocycles. The van der Waals surface area contributed by atoms with Gasteiger partial charge in [0, 0.05) is 29.4 Å². The second-order valence-electron chi connectivity index (χ2n) is 7.80. The summed E-state index contributed by atoms with van der Waals surface area (Å²) in [6.07, 6.45) is -7.95. The molecule has 0 radical (unpaired) electrons. The predicted octanol–water partition coefficient (Wildman–Crippen LogP) is 4.86. The number of carbonyl (C=O) groups excluding carboxylic acids is 1. The molecule has 3 rings (SSSR count). The van der Waals surface area contributed by atoms with Gasteiger partial charge in [0.1, 0.15) is 18.2 Å². The molecule has 3 N–H and O–H groups in total. The van der Waals surface area contributed by atoms with E-state index in [-0.39, 0.29) is 22.5 Å². The van der Waals surface area contributed by atoms with Crippen LogP contribution in [0.1, 0.15) is 45.6 Å². The third-order valence-corrected chi connectivity index (χ3v) is 5.27. The summed E-state index contributed by atoms with van der Waals surface area (Å²) in [7, 11) is 0. The minimum Gasteiger partial charge on any atom is -0.451 e. The van der Waals surface area contributed by atoms with Crippen LogP contribution in [0, 0.1) is 19.7 Å². The van der Waals surface area contributed by atoms with Crippen molar-refractivity contribution in [1.82, 2.24) is 4.98 Å². The third kappa shape index (κ3) is 4.92. The van der Waals surface area contributed by atoms with Crippen molar-refractivity contribution >= 4 is 17.6 Å². The van der Waals surface area contributed by atoms with Crippen LogP contribution >= 0.6 is 0 Å². The monoisotopic (exact) mass is 492 g/mol. The van der Waals surface area contributed by atoms with E-state index in [1.165, 1.54) is 13.8 Å². The summed E-state index contributed by atoms with van der Waals surface area (Å²) in [5.74, 6) is -1.91. The average molecular weight is 492 g/mol. The van der Waals surface area contributed by atoms with Crippen LogP contribution < -0.4 is 11.1 Å². The zero-order valence-corrected chi connectivity index (χ0v) is 17.8. The molecule has 0 saturated heterocycles. The quantitative estimate of drug-likeness (QED) is 0.584. The van der Waals surface area contributed by atoms with Crippen molar-refractivity contribution in [2.45, 2.75) is 44.5 Å². The summed E-state index contributed by atoms with van der Waals surface area (Å²) in [5.41, 5.74) is 1.57. The largest absolute Gasteiger partial charge is 0.451 e. The number of anilines is 1. The number of pyridine rings is 1. The van der Waals surface area contributed by atoms with Crippen molar-refractivity contribution in [2.24, 2.45) is 10.7 Å². The van der Waals surface area contributed by atoms with Crippen LogP contribution in [0.4, 0.5) is 36.4 Å². The molecule has 0 aliphatic carbocycles. The molecule has 2 atom stereocenters. The van der Waals surface area contributed by atoms with Gasteiger partial charge >= 0.3 is 6.18 Å². The fourth-order valence-electron chi connectivity index (χ4n) is 3.60. The van der Waals surface area contributed by atoms with Gasteiger partial charge in [-0.3, -0.25) is 9.78 Å². The van der Waals surface area contributed by atoms with E-state index in [2.05, 4.69) is 15.3 Å². The lowest BCUT2D eigenvalue weighted by atomic mass is 9.85. The topological polar surface area (TPSA) is 89.6 Å². The number of amides is 1. The Kier molecular flexibility index (Phi) is 6.76. The number of aryl methyl sites for hydroxylation is 2. The lowest BCUT2D eigenvalue weighted by molar-refractivity contribution is -0.167. The van der Waals surface area contributed by atoms with Crippen molar-refractivity contribution in [3.05, 3.63) is 58.2 Å². The minimum absolute atomic E-state index is 0.112. The number of aromatic nitrogens is 1. The van der Waals surface area contributed by atoms with Crippen molar-refractivity contribution in [2.75, 3.05) is 12.0 Å². The molecule has 2 aromatic rings. The van der Waals surface area contributed by atoms with Gasteiger partial charge in [-0.2, -0.15) is 13.2 Å². The van der Waals surface area contributed by atoms with E-state index < -0.39 is 66.2 Å². The van der Waals surface area contributed by atoms with Gasteiger partial charge in [-0.15, -0.1) is 0 Å². The Morgan fingerprint density at radius 2 is 1.94 bits per heavy atom. The molecule has 6 nitrogen and oxygen atoms in total. The van der Waals surface area contributed by atoms with Crippen molar-refractivity contribution in [1.29, 1.82) is 0 Å². The second kappa shape index (κ2) is 9.11. The first-order valence-electron chi connectivity index (χ1n) is 9.79. The zero-order chi connectivity index (χ0) is 25.4. The number of hydrogen-bond donors (Lipinski definition) is 2. The molecule has 34 heavy (non-hydrogen) atoms. The van der Waals surface area contributed by atoms with Gasteiger partial charge in [0.2, 0.25) is 0 Å². The lowest BCUT2D eigenvalue weighted by Gasteiger charge is -2.38. The van der Waals surface area contributed by atoms with Crippen LogP contribution in [-0.4, -0.2) is 35.8 Å². The van der Waals surface area contributed by atoms with Gasteiger partial charge in [0.25, 0.3) is 18.4 Å². The van der Waals surface area contributed by atoms with Crippen molar-refractivity contribution in [3.8, 4) is 0 Å². The smallest absolute Gasteiger partial charge is 0.411 e. The first-order chi connectivity index (χ1) is 15.8. The first-order valence-corrected chi connectivity index (χ1v) is 9.79. The van der Waals surface area contributed by atoms with Crippen molar-refractivity contribution in [3.63, 3.8) is 0 Å². The Morgan fingerprint density at radius 3 is 2.50 bits per heavy atom. The molecule has 1 aromatic carbocycles. The number of amidine groups is 1. The summed E-state index contributed by atoms with van der Waals surface area (Å²) in [5, 5.41) is 2.37. The summed E-state index contributed by atoms with van der Waals surface area (Å²) >= 11 is 0. The molecule has 0 saturated carbocycles. The van der Waals surface area contributed by atoms with Gasteiger partial charge in [0.05, 0.1) is 0 Å². The Hall–Kier alpha value is -3.38. The number of aliphatic imine (C=N–C) groups is 1. The van der Waals surface area contributed by atoms with Crippen LogP contribution in [0.25, 0.3) is 0 Å². The molecule has 0 bridgehead atoms. The Bertz CT molecular complexity index is 1140. The maximum Gasteiger partial charge on any atom is 0.411 e.